The first-order valence-electron chi connectivity index (χ1n) is 8.77. The molecule has 4 rings (SSSR count). The fraction of sp³-hybridized carbons (Fsp3) is 0.286. The number of hydrogen-bond acceptors (Lipinski definition) is 4. The summed E-state index contributed by atoms with van der Waals surface area (Å²) < 4.78 is 5.84. The first kappa shape index (κ1) is 17.3. The number of nitrogens with zero attached hydrogens (tertiary/aromatic N) is 2. The minimum atomic E-state index is -0.801. The van der Waals surface area contributed by atoms with Crippen LogP contribution < -0.4 is 0 Å². The summed E-state index contributed by atoms with van der Waals surface area (Å²) in [5.74, 6) is 1.33. The first-order chi connectivity index (χ1) is 12.5. The third-order valence-electron chi connectivity index (χ3n) is 5.01. The van der Waals surface area contributed by atoms with Crippen LogP contribution in [0.4, 0.5) is 0 Å². The normalized spacial score (nSPS) is 20.6. The van der Waals surface area contributed by atoms with Crippen LogP contribution in [0, 0.1) is 6.92 Å². The summed E-state index contributed by atoms with van der Waals surface area (Å²) in [5.41, 5.74) is 1.85. The monoisotopic (exact) mass is 368 g/mol. The molecule has 0 saturated carbocycles. The van der Waals surface area contributed by atoms with Crippen LogP contribution in [-0.2, 0) is 12.1 Å². The number of rotatable bonds is 4. The molecule has 2 aromatic carbocycles. The number of aromatic nitrogens is 1. The maximum absolute atomic E-state index is 11.0. The van der Waals surface area contributed by atoms with Crippen molar-refractivity contribution >= 4 is 11.6 Å². The van der Waals surface area contributed by atoms with Crippen molar-refractivity contribution in [3.8, 4) is 11.5 Å². The van der Waals surface area contributed by atoms with E-state index in [-0.39, 0.29) is 0 Å². The highest BCUT2D eigenvalue weighted by Crippen LogP contribution is 2.34. The molecule has 1 N–H and O–H groups in total. The van der Waals surface area contributed by atoms with E-state index in [0.717, 1.165) is 29.1 Å². The fourth-order valence-electron chi connectivity index (χ4n) is 3.53. The standard InChI is InChI=1S/C21H21ClN2O2/c1-15-19(23-20(26-15)17-9-5-6-10-18(17)22)13-24-12-11-21(25,14-24)16-7-3-2-4-8-16/h2-10,25H,11-14H2,1H3/t21-/m1/s1. The van der Waals surface area contributed by atoms with Gasteiger partial charge in [0.1, 0.15) is 11.4 Å². The zero-order valence-electron chi connectivity index (χ0n) is 14.7. The number of likely N-dealkylation sites (tertiary alicyclic amines) is 1. The van der Waals surface area contributed by atoms with Crippen molar-refractivity contribution in [2.75, 3.05) is 13.1 Å². The van der Waals surface area contributed by atoms with E-state index in [0.29, 0.717) is 30.4 Å². The molecule has 0 bridgehead atoms. The summed E-state index contributed by atoms with van der Waals surface area (Å²) in [5, 5.41) is 11.6. The van der Waals surface area contributed by atoms with E-state index < -0.39 is 5.60 Å². The Bertz CT molecular complexity index is 909. The second kappa shape index (κ2) is 6.88. The zero-order valence-corrected chi connectivity index (χ0v) is 15.4. The smallest absolute Gasteiger partial charge is 0.228 e. The van der Waals surface area contributed by atoms with E-state index in [1.807, 2.05) is 61.5 Å². The van der Waals surface area contributed by atoms with Gasteiger partial charge in [-0.05, 0) is 31.0 Å². The van der Waals surface area contributed by atoms with Gasteiger partial charge in [-0.2, -0.15) is 0 Å². The molecule has 1 aromatic heterocycles. The molecule has 26 heavy (non-hydrogen) atoms. The number of aryl methyl sites for hydroxylation is 1. The lowest BCUT2D eigenvalue weighted by Gasteiger charge is -2.23. The number of β-amino-alcohol motifs (C(OH)–C–C–N with tert-alkyl or cyclic N) is 1. The van der Waals surface area contributed by atoms with Crippen LogP contribution in [0.15, 0.2) is 59.0 Å². The fourth-order valence-corrected chi connectivity index (χ4v) is 3.74. The van der Waals surface area contributed by atoms with Gasteiger partial charge in [-0.15, -0.1) is 0 Å². The summed E-state index contributed by atoms with van der Waals surface area (Å²) in [6.45, 7) is 3.97. The summed E-state index contributed by atoms with van der Waals surface area (Å²) in [6, 6.07) is 17.4. The van der Waals surface area contributed by atoms with Gasteiger partial charge >= 0.3 is 0 Å². The molecule has 2 heterocycles. The van der Waals surface area contributed by atoms with E-state index >= 15 is 0 Å². The molecular weight excluding hydrogens is 348 g/mol. The number of halogens is 1. The van der Waals surface area contributed by atoms with Crippen LogP contribution in [0.25, 0.3) is 11.5 Å². The van der Waals surface area contributed by atoms with Crippen molar-refractivity contribution in [3.05, 3.63) is 76.6 Å². The molecule has 1 aliphatic rings. The Morgan fingerprint density at radius 1 is 1.15 bits per heavy atom. The zero-order chi connectivity index (χ0) is 18.1. The molecule has 134 valence electrons. The minimum absolute atomic E-state index is 0.542. The van der Waals surface area contributed by atoms with E-state index in [1.54, 1.807) is 0 Å². The van der Waals surface area contributed by atoms with E-state index in [9.17, 15) is 5.11 Å². The highest BCUT2D eigenvalue weighted by atomic mass is 35.5. The number of benzene rings is 2. The largest absolute Gasteiger partial charge is 0.441 e. The van der Waals surface area contributed by atoms with Crippen molar-refractivity contribution in [1.82, 2.24) is 9.88 Å². The highest BCUT2D eigenvalue weighted by molar-refractivity contribution is 6.33. The summed E-state index contributed by atoms with van der Waals surface area (Å²) in [4.78, 5) is 6.87. The first-order valence-corrected chi connectivity index (χ1v) is 9.14. The second-order valence-corrected chi connectivity index (χ2v) is 7.27. The van der Waals surface area contributed by atoms with Crippen LogP contribution in [0.5, 0.6) is 0 Å². The predicted molar refractivity (Wildman–Crippen MR) is 102 cm³/mol. The molecular formula is C21H21ClN2O2. The Balaban J connectivity index is 1.52. The van der Waals surface area contributed by atoms with Crippen molar-refractivity contribution in [1.29, 1.82) is 0 Å². The number of oxazole rings is 1. The lowest BCUT2D eigenvalue weighted by molar-refractivity contribution is 0.0451. The molecule has 1 atom stereocenters. The van der Waals surface area contributed by atoms with Crippen molar-refractivity contribution in [3.63, 3.8) is 0 Å². The van der Waals surface area contributed by atoms with Crippen molar-refractivity contribution in [2.45, 2.75) is 25.5 Å². The molecule has 5 heteroatoms. The second-order valence-electron chi connectivity index (χ2n) is 6.86. The summed E-state index contributed by atoms with van der Waals surface area (Å²) in [7, 11) is 0. The van der Waals surface area contributed by atoms with E-state index in [1.165, 1.54) is 0 Å². The molecule has 0 radical (unpaired) electrons. The third-order valence-corrected chi connectivity index (χ3v) is 5.34. The summed E-state index contributed by atoms with van der Waals surface area (Å²) in [6.07, 6.45) is 0.714. The van der Waals surface area contributed by atoms with Gasteiger partial charge in [0.2, 0.25) is 5.89 Å². The minimum Gasteiger partial charge on any atom is -0.441 e. The molecule has 1 saturated heterocycles. The Kier molecular flexibility index (Phi) is 4.57. The maximum Gasteiger partial charge on any atom is 0.228 e. The van der Waals surface area contributed by atoms with Crippen LogP contribution in [0.3, 0.4) is 0 Å². The van der Waals surface area contributed by atoms with E-state index in [4.69, 9.17) is 16.0 Å². The van der Waals surface area contributed by atoms with Gasteiger partial charge in [-0.1, -0.05) is 54.1 Å². The van der Waals surface area contributed by atoms with Gasteiger partial charge in [0, 0.05) is 19.6 Å². The summed E-state index contributed by atoms with van der Waals surface area (Å²) >= 11 is 6.25. The SMILES string of the molecule is Cc1oc(-c2ccccc2Cl)nc1CN1CC[C@](O)(c2ccccc2)C1. The topological polar surface area (TPSA) is 49.5 Å². The molecule has 1 aliphatic heterocycles. The average Bonchev–Trinajstić information content (AvgIpc) is 3.20. The molecule has 1 fully saturated rings. The molecule has 3 aromatic rings. The molecule has 4 nitrogen and oxygen atoms in total. The van der Waals surface area contributed by atoms with Crippen molar-refractivity contribution in [2.24, 2.45) is 0 Å². The van der Waals surface area contributed by atoms with E-state index in [2.05, 4.69) is 9.88 Å². The maximum atomic E-state index is 11.0. The van der Waals surface area contributed by atoms with Crippen LogP contribution in [0.1, 0.15) is 23.4 Å². The molecule has 0 spiro atoms. The lowest BCUT2D eigenvalue weighted by atomic mass is 9.93. The van der Waals surface area contributed by atoms with Crippen LogP contribution in [0.2, 0.25) is 5.02 Å². The Labute approximate surface area is 158 Å². The van der Waals surface area contributed by atoms with Crippen LogP contribution in [-0.4, -0.2) is 28.1 Å². The third kappa shape index (κ3) is 3.28. The predicted octanol–water partition coefficient (Wildman–Crippen LogP) is 4.40. The quantitative estimate of drug-likeness (QED) is 0.741. The van der Waals surface area contributed by atoms with Gasteiger partial charge < -0.3 is 9.52 Å². The van der Waals surface area contributed by atoms with Crippen molar-refractivity contribution < 1.29 is 9.52 Å². The lowest BCUT2D eigenvalue weighted by Crippen LogP contribution is -2.30. The number of hydrogen-bond donors (Lipinski definition) is 1. The van der Waals surface area contributed by atoms with Crippen LogP contribution >= 0.6 is 11.6 Å². The number of aliphatic hydroxyl groups is 1. The van der Waals surface area contributed by atoms with Gasteiger partial charge in [0.25, 0.3) is 0 Å². The Morgan fingerprint density at radius 3 is 2.65 bits per heavy atom. The van der Waals surface area contributed by atoms with Gasteiger partial charge in [0.15, 0.2) is 0 Å². The Hall–Kier alpha value is -2.14. The molecule has 0 unspecified atom stereocenters. The Morgan fingerprint density at radius 2 is 1.88 bits per heavy atom. The van der Waals surface area contributed by atoms with Gasteiger partial charge in [-0.3, -0.25) is 4.90 Å². The van der Waals surface area contributed by atoms with Gasteiger partial charge in [0.05, 0.1) is 16.3 Å². The highest BCUT2D eigenvalue weighted by Gasteiger charge is 2.37. The van der Waals surface area contributed by atoms with Gasteiger partial charge in [-0.25, -0.2) is 4.98 Å². The average molecular weight is 369 g/mol. The molecule has 0 amide bonds. The molecule has 0 aliphatic carbocycles.